The van der Waals surface area contributed by atoms with Gasteiger partial charge in [-0.2, -0.15) is 0 Å². The molecular formula is C20H21NO4. The van der Waals surface area contributed by atoms with Crippen LogP contribution >= 0.6 is 0 Å². The van der Waals surface area contributed by atoms with E-state index in [9.17, 15) is 9.59 Å². The second-order valence-electron chi connectivity index (χ2n) is 5.96. The fourth-order valence-electron chi connectivity index (χ4n) is 2.73. The fourth-order valence-corrected chi connectivity index (χ4v) is 2.73. The molecule has 0 spiro atoms. The molecule has 3 rings (SSSR count). The molecule has 0 aliphatic rings. The van der Waals surface area contributed by atoms with Gasteiger partial charge in [-0.15, -0.1) is 0 Å². The van der Waals surface area contributed by atoms with Gasteiger partial charge in [-0.25, -0.2) is 4.79 Å². The number of fused-ring (bicyclic) bond motifs is 1. The molecule has 0 aliphatic carbocycles. The van der Waals surface area contributed by atoms with E-state index in [1.807, 2.05) is 12.1 Å². The summed E-state index contributed by atoms with van der Waals surface area (Å²) in [4.78, 5) is 23.4. The predicted octanol–water partition coefficient (Wildman–Crippen LogP) is 3.83. The third kappa shape index (κ3) is 3.82. The van der Waals surface area contributed by atoms with Crippen LogP contribution in [0.2, 0.25) is 0 Å². The van der Waals surface area contributed by atoms with Crippen LogP contribution in [0.15, 0.2) is 51.7 Å². The minimum Gasteiger partial charge on any atom is -0.494 e. The molecule has 0 N–H and O–H groups in total. The maximum atomic E-state index is 12.0. The lowest BCUT2D eigenvalue weighted by atomic mass is 10.1. The van der Waals surface area contributed by atoms with E-state index in [0.29, 0.717) is 36.2 Å². The summed E-state index contributed by atoms with van der Waals surface area (Å²) >= 11 is 0. The number of benzene rings is 2. The number of aromatic nitrogens is 1. The topological polar surface area (TPSA) is 61.4 Å². The summed E-state index contributed by atoms with van der Waals surface area (Å²) in [7, 11) is 0. The average molecular weight is 339 g/mol. The van der Waals surface area contributed by atoms with Gasteiger partial charge in [0.15, 0.2) is 11.4 Å². The van der Waals surface area contributed by atoms with Crippen molar-refractivity contribution >= 4 is 16.9 Å². The Morgan fingerprint density at radius 2 is 1.92 bits per heavy atom. The number of oxazole rings is 1. The van der Waals surface area contributed by atoms with Gasteiger partial charge in [-0.1, -0.05) is 19.1 Å². The smallest absolute Gasteiger partial charge is 0.419 e. The summed E-state index contributed by atoms with van der Waals surface area (Å²) in [6, 6.07) is 13.1. The van der Waals surface area contributed by atoms with Crippen molar-refractivity contribution in [2.24, 2.45) is 0 Å². The molecule has 1 aromatic heterocycles. The Kier molecular flexibility index (Phi) is 5.03. The van der Waals surface area contributed by atoms with Gasteiger partial charge in [0, 0.05) is 12.1 Å². The molecule has 2 aromatic carbocycles. The highest BCUT2D eigenvalue weighted by Gasteiger charge is 2.11. The van der Waals surface area contributed by atoms with Crippen LogP contribution in [0.3, 0.4) is 0 Å². The molecule has 130 valence electrons. The Hall–Kier alpha value is -2.82. The molecule has 0 bridgehead atoms. The number of aryl methyl sites for hydroxylation is 2. The van der Waals surface area contributed by atoms with Gasteiger partial charge in [0.25, 0.3) is 0 Å². The first kappa shape index (κ1) is 17.0. The lowest BCUT2D eigenvalue weighted by Crippen LogP contribution is -2.15. The first-order valence-corrected chi connectivity index (χ1v) is 8.44. The van der Waals surface area contributed by atoms with Crippen LogP contribution in [0.5, 0.6) is 5.75 Å². The molecule has 0 fully saturated rings. The number of rotatable bonds is 7. The van der Waals surface area contributed by atoms with Crippen LogP contribution in [0, 0.1) is 0 Å². The normalized spacial score (nSPS) is 11.0. The van der Waals surface area contributed by atoms with Crippen molar-refractivity contribution < 1.29 is 13.9 Å². The minimum absolute atomic E-state index is 0.0557. The number of Topliss-reactive ketones (excluding diaryl/α,β-unsaturated/α-hetero) is 1. The lowest BCUT2D eigenvalue weighted by Gasteiger charge is -2.07. The minimum atomic E-state index is -0.414. The molecule has 0 aliphatic heterocycles. The van der Waals surface area contributed by atoms with Gasteiger partial charge in [0.2, 0.25) is 0 Å². The van der Waals surface area contributed by atoms with Gasteiger partial charge < -0.3 is 9.15 Å². The average Bonchev–Trinajstić information content (AvgIpc) is 2.93. The summed E-state index contributed by atoms with van der Waals surface area (Å²) < 4.78 is 12.5. The SMILES string of the molecule is CCc1ccc(OCCCn2c(=O)oc3cc(C(C)=O)ccc32)cc1. The van der Waals surface area contributed by atoms with Crippen LogP contribution in [0.1, 0.15) is 36.2 Å². The summed E-state index contributed by atoms with van der Waals surface area (Å²) in [5, 5.41) is 0. The predicted molar refractivity (Wildman–Crippen MR) is 96.4 cm³/mol. The van der Waals surface area contributed by atoms with Crippen molar-refractivity contribution in [3.63, 3.8) is 0 Å². The van der Waals surface area contributed by atoms with E-state index in [4.69, 9.17) is 9.15 Å². The van der Waals surface area contributed by atoms with Crippen molar-refractivity contribution in [2.75, 3.05) is 6.61 Å². The molecule has 0 saturated heterocycles. The van der Waals surface area contributed by atoms with Crippen LogP contribution in [0.25, 0.3) is 11.1 Å². The third-order valence-corrected chi connectivity index (χ3v) is 4.20. The van der Waals surface area contributed by atoms with Gasteiger partial charge in [-0.05, 0) is 55.7 Å². The zero-order valence-corrected chi connectivity index (χ0v) is 14.5. The van der Waals surface area contributed by atoms with E-state index in [-0.39, 0.29) is 5.78 Å². The number of hydrogen-bond donors (Lipinski definition) is 0. The van der Waals surface area contributed by atoms with E-state index in [1.165, 1.54) is 12.5 Å². The fraction of sp³-hybridized carbons (Fsp3) is 0.300. The van der Waals surface area contributed by atoms with Gasteiger partial charge in [0.05, 0.1) is 12.1 Å². The molecule has 0 atom stereocenters. The van der Waals surface area contributed by atoms with E-state index in [1.54, 1.807) is 22.8 Å². The monoisotopic (exact) mass is 339 g/mol. The number of nitrogens with zero attached hydrogens (tertiary/aromatic N) is 1. The largest absolute Gasteiger partial charge is 0.494 e. The van der Waals surface area contributed by atoms with E-state index >= 15 is 0 Å². The maximum Gasteiger partial charge on any atom is 0.419 e. The summed E-state index contributed by atoms with van der Waals surface area (Å²) in [5.74, 6) is 0.357. The number of ketones is 1. The summed E-state index contributed by atoms with van der Waals surface area (Å²) in [6.07, 6.45) is 1.68. The van der Waals surface area contributed by atoms with E-state index in [2.05, 4.69) is 19.1 Å². The zero-order chi connectivity index (χ0) is 17.8. The molecular weight excluding hydrogens is 318 g/mol. The molecule has 0 unspecified atom stereocenters. The molecule has 1 heterocycles. The number of carbonyl (C=O) groups is 1. The number of hydrogen-bond acceptors (Lipinski definition) is 4. The maximum absolute atomic E-state index is 12.0. The highest BCUT2D eigenvalue weighted by Crippen LogP contribution is 2.16. The first-order chi connectivity index (χ1) is 12.1. The van der Waals surface area contributed by atoms with Crippen LogP contribution in [0.4, 0.5) is 0 Å². The van der Waals surface area contributed by atoms with Crippen LogP contribution in [-0.2, 0) is 13.0 Å². The number of carbonyl (C=O) groups excluding carboxylic acids is 1. The van der Waals surface area contributed by atoms with Crippen molar-refractivity contribution in [2.45, 2.75) is 33.2 Å². The molecule has 25 heavy (non-hydrogen) atoms. The van der Waals surface area contributed by atoms with Gasteiger partial charge in [0.1, 0.15) is 5.75 Å². The van der Waals surface area contributed by atoms with Crippen molar-refractivity contribution in [1.82, 2.24) is 4.57 Å². The third-order valence-electron chi connectivity index (χ3n) is 4.20. The Morgan fingerprint density at radius 1 is 1.16 bits per heavy atom. The van der Waals surface area contributed by atoms with E-state index in [0.717, 1.165) is 12.2 Å². The Labute approximate surface area is 145 Å². The molecule has 3 aromatic rings. The van der Waals surface area contributed by atoms with Crippen molar-refractivity contribution in [3.05, 3.63) is 64.1 Å². The molecule has 0 saturated carbocycles. The Bertz CT molecular complexity index is 934. The zero-order valence-electron chi connectivity index (χ0n) is 14.5. The second-order valence-corrected chi connectivity index (χ2v) is 5.96. The van der Waals surface area contributed by atoms with Crippen LogP contribution in [-0.4, -0.2) is 17.0 Å². The standard InChI is InChI=1S/C20H21NO4/c1-3-15-5-8-17(9-6-15)24-12-4-11-21-18-10-7-16(14(2)22)13-19(18)25-20(21)23/h5-10,13H,3-4,11-12H2,1-2H3. The molecule has 0 radical (unpaired) electrons. The molecule has 5 heteroatoms. The van der Waals surface area contributed by atoms with Crippen molar-refractivity contribution in [1.29, 1.82) is 0 Å². The Balaban J connectivity index is 1.63. The second kappa shape index (κ2) is 7.38. The van der Waals surface area contributed by atoms with Crippen LogP contribution < -0.4 is 10.5 Å². The number of ether oxygens (including phenoxy) is 1. The summed E-state index contributed by atoms with van der Waals surface area (Å²) in [6.45, 7) is 4.61. The first-order valence-electron chi connectivity index (χ1n) is 8.44. The highest BCUT2D eigenvalue weighted by atomic mass is 16.5. The molecule has 0 amide bonds. The molecule has 5 nitrogen and oxygen atoms in total. The Morgan fingerprint density at radius 3 is 2.60 bits per heavy atom. The quantitative estimate of drug-likeness (QED) is 0.485. The van der Waals surface area contributed by atoms with Gasteiger partial charge >= 0.3 is 5.76 Å². The van der Waals surface area contributed by atoms with Gasteiger partial charge in [-0.3, -0.25) is 9.36 Å². The highest BCUT2D eigenvalue weighted by molar-refractivity contribution is 5.96. The van der Waals surface area contributed by atoms with E-state index < -0.39 is 5.76 Å². The lowest BCUT2D eigenvalue weighted by molar-refractivity contribution is 0.101. The summed E-state index contributed by atoms with van der Waals surface area (Å²) in [5.41, 5.74) is 2.94. The van der Waals surface area contributed by atoms with Crippen molar-refractivity contribution in [3.8, 4) is 5.75 Å².